The molecule has 0 spiro atoms. The molecular weight excluding hydrogens is 242 g/mol. The molecule has 18 heavy (non-hydrogen) atoms. The van der Waals surface area contributed by atoms with Crippen molar-refractivity contribution in [3.05, 3.63) is 29.8 Å². The highest BCUT2D eigenvalue weighted by atomic mass is 35.5. The molecule has 1 aromatic rings. The van der Waals surface area contributed by atoms with Gasteiger partial charge < -0.3 is 5.32 Å². The molecule has 0 aliphatic heterocycles. The van der Waals surface area contributed by atoms with Gasteiger partial charge in [0, 0.05) is 18.1 Å². The number of hydrogen-bond acceptors (Lipinski definition) is 1. The predicted octanol–water partition coefficient (Wildman–Crippen LogP) is 4.85. The second-order valence-electron chi connectivity index (χ2n) is 5.38. The summed E-state index contributed by atoms with van der Waals surface area (Å²) in [6, 6.07) is 8.79. The average molecular weight is 266 g/mol. The second-order valence-corrected chi connectivity index (χ2v) is 5.76. The maximum Gasteiger partial charge on any atom is 0.0343 e. The van der Waals surface area contributed by atoms with Crippen LogP contribution in [0.2, 0.25) is 0 Å². The van der Waals surface area contributed by atoms with Crippen molar-refractivity contribution in [1.29, 1.82) is 0 Å². The molecule has 1 N–H and O–H groups in total. The Labute approximate surface area is 116 Å². The van der Waals surface area contributed by atoms with Crippen molar-refractivity contribution in [3.63, 3.8) is 0 Å². The predicted molar refractivity (Wildman–Crippen MR) is 80.5 cm³/mol. The van der Waals surface area contributed by atoms with E-state index in [2.05, 4.69) is 29.6 Å². The Morgan fingerprint density at radius 3 is 2.78 bits per heavy atom. The summed E-state index contributed by atoms with van der Waals surface area (Å²) in [5.74, 6) is 1.63. The number of alkyl halides is 1. The van der Waals surface area contributed by atoms with Crippen LogP contribution in [0.25, 0.3) is 0 Å². The lowest BCUT2D eigenvalue weighted by Crippen LogP contribution is -2.17. The van der Waals surface area contributed by atoms with Crippen molar-refractivity contribution in [2.75, 3.05) is 17.7 Å². The molecule has 0 amide bonds. The smallest absolute Gasteiger partial charge is 0.0343 e. The molecule has 1 fully saturated rings. The van der Waals surface area contributed by atoms with E-state index < -0.39 is 0 Å². The van der Waals surface area contributed by atoms with Gasteiger partial charge in [-0.15, -0.1) is 11.6 Å². The zero-order valence-corrected chi connectivity index (χ0v) is 11.9. The van der Waals surface area contributed by atoms with Gasteiger partial charge in [0.05, 0.1) is 0 Å². The average Bonchev–Trinajstić information content (AvgIpc) is 2.44. The molecule has 1 aromatic carbocycles. The van der Waals surface area contributed by atoms with Gasteiger partial charge in [0.2, 0.25) is 0 Å². The summed E-state index contributed by atoms with van der Waals surface area (Å²) in [5, 5.41) is 3.60. The van der Waals surface area contributed by atoms with Gasteiger partial charge in [0.25, 0.3) is 0 Å². The minimum atomic E-state index is 0.750. The molecule has 1 nitrogen and oxygen atoms in total. The van der Waals surface area contributed by atoms with Crippen LogP contribution in [0.3, 0.4) is 0 Å². The molecule has 0 heterocycles. The largest absolute Gasteiger partial charge is 0.385 e. The van der Waals surface area contributed by atoms with E-state index in [0.717, 1.165) is 31.2 Å². The Hall–Kier alpha value is -0.690. The fraction of sp³-hybridized carbons (Fsp3) is 0.625. The molecule has 0 radical (unpaired) electrons. The summed E-state index contributed by atoms with van der Waals surface area (Å²) in [7, 11) is 0. The topological polar surface area (TPSA) is 12.0 Å². The molecule has 1 aliphatic carbocycles. The van der Waals surface area contributed by atoms with Gasteiger partial charge >= 0.3 is 0 Å². The number of nitrogens with one attached hydrogen (secondary N) is 1. The normalized spacial score (nSPS) is 16.7. The van der Waals surface area contributed by atoms with Gasteiger partial charge in [-0.25, -0.2) is 0 Å². The summed E-state index contributed by atoms with van der Waals surface area (Å²) < 4.78 is 0. The Morgan fingerprint density at radius 1 is 1.17 bits per heavy atom. The highest BCUT2D eigenvalue weighted by Gasteiger charge is 2.12. The fourth-order valence-electron chi connectivity index (χ4n) is 2.76. The van der Waals surface area contributed by atoms with E-state index in [-0.39, 0.29) is 0 Å². The van der Waals surface area contributed by atoms with Crippen LogP contribution in [-0.4, -0.2) is 12.4 Å². The number of hydrogen-bond donors (Lipinski definition) is 1. The Morgan fingerprint density at radius 2 is 2.00 bits per heavy atom. The number of benzene rings is 1. The summed E-state index contributed by atoms with van der Waals surface area (Å²) in [4.78, 5) is 0. The first-order chi connectivity index (χ1) is 8.88. The standard InChI is InChI=1S/C16H24ClN/c17-11-5-9-14-8-4-10-16(12-14)18-13-15-6-2-1-3-7-15/h4,8,10,12,15,18H,1-3,5-7,9,11,13H2. The monoisotopic (exact) mass is 265 g/mol. The highest BCUT2D eigenvalue weighted by Crippen LogP contribution is 2.24. The minimum Gasteiger partial charge on any atom is -0.385 e. The molecule has 0 atom stereocenters. The van der Waals surface area contributed by atoms with Gasteiger partial charge in [-0.1, -0.05) is 31.4 Å². The third-order valence-corrected chi connectivity index (χ3v) is 4.11. The number of halogens is 1. The summed E-state index contributed by atoms with van der Waals surface area (Å²) in [6.45, 7) is 1.14. The molecule has 0 aromatic heterocycles. The quantitative estimate of drug-likeness (QED) is 0.725. The maximum atomic E-state index is 5.74. The molecule has 0 saturated heterocycles. The lowest BCUT2D eigenvalue weighted by atomic mass is 9.89. The molecule has 1 aliphatic rings. The summed E-state index contributed by atoms with van der Waals surface area (Å²) in [5.41, 5.74) is 2.66. The molecule has 2 heteroatoms. The number of aryl methyl sites for hydroxylation is 1. The van der Waals surface area contributed by atoms with Gasteiger partial charge in [-0.3, -0.25) is 0 Å². The van der Waals surface area contributed by atoms with E-state index in [0.29, 0.717) is 0 Å². The Balaban J connectivity index is 1.80. The third kappa shape index (κ3) is 4.53. The summed E-state index contributed by atoms with van der Waals surface area (Å²) in [6.07, 6.45) is 9.22. The highest BCUT2D eigenvalue weighted by molar-refractivity contribution is 6.17. The Bertz CT molecular complexity index is 345. The van der Waals surface area contributed by atoms with Crippen molar-refractivity contribution in [3.8, 4) is 0 Å². The van der Waals surface area contributed by atoms with Gasteiger partial charge in [-0.05, 0) is 49.3 Å². The van der Waals surface area contributed by atoms with Gasteiger partial charge in [0.15, 0.2) is 0 Å². The molecule has 2 rings (SSSR count). The molecular formula is C16H24ClN. The molecule has 100 valence electrons. The van der Waals surface area contributed by atoms with Crippen molar-refractivity contribution >= 4 is 17.3 Å². The van der Waals surface area contributed by atoms with Crippen LogP contribution in [0, 0.1) is 5.92 Å². The van der Waals surface area contributed by atoms with Crippen molar-refractivity contribution in [2.45, 2.75) is 44.9 Å². The lowest BCUT2D eigenvalue weighted by molar-refractivity contribution is 0.373. The Kier molecular flexibility index (Phi) is 5.86. The minimum absolute atomic E-state index is 0.750. The van der Waals surface area contributed by atoms with Crippen molar-refractivity contribution in [2.24, 2.45) is 5.92 Å². The van der Waals surface area contributed by atoms with E-state index in [4.69, 9.17) is 11.6 Å². The van der Waals surface area contributed by atoms with Crippen molar-refractivity contribution < 1.29 is 0 Å². The number of anilines is 1. The fourth-order valence-corrected chi connectivity index (χ4v) is 2.89. The van der Waals surface area contributed by atoms with Crippen LogP contribution in [0.15, 0.2) is 24.3 Å². The van der Waals surface area contributed by atoms with Crippen LogP contribution in [0.5, 0.6) is 0 Å². The second kappa shape index (κ2) is 7.68. The van der Waals surface area contributed by atoms with Crippen LogP contribution >= 0.6 is 11.6 Å². The molecule has 1 saturated carbocycles. The van der Waals surface area contributed by atoms with E-state index in [9.17, 15) is 0 Å². The van der Waals surface area contributed by atoms with Crippen LogP contribution in [0.1, 0.15) is 44.1 Å². The van der Waals surface area contributed by atoms with E-state index in [1.165, 1.54) is 43.4 Å². The third-order valence-electron chi connectivity index (χ3n) is 3.85. The summed E-state index contributed by atoms with van der Waals surface area (Å²) >= 11 is 5.74. The van der Waals surface area contributed by atoms with Gasteiger partial charge in [0.1, 0.15) is 0 Å². The van der Waals surface area contributed by atoms with Gasteiger partial charge in [-0.2, -0.15) is 0 Å². The van der Waals surface area contributed by atoms with Crippen LogP contribution in [0.4, 0.5) is 5.69 Å². The van der Waals surface area contributed by atoms with E-state index in [1.54, 1.807) is 0 Å². The zero-order chi connectivity index (χ0) is 12.6. The van der Waals surface area contributed by atoms with E-state index in [1.807, 2.05) is 0 Å². The molecule has 0 bridgehead atoms. The zero-order valence-electron chi connectivity index (χ0n) is 11.1. The van der Waals surface area contributed by atoms with Crippen LogP contribution in [-0.2, 0) is 6.42 Å². The van der Waals surface area contributed by atoms with Crippen molar-refractivity contribution in [1.82, 2.24) is 0 Å². The van der Waals surface area contributed by atoms with Crippen LogP contribution < -0.4 is 5.32 Å². The maximum absolute atomic E-state index is 5.74. The first kappa shape index (κ1) is 13.7. The first-order valence-electron chi connectivity index (χ1n) is 7.27. The van der Waals surface area contributed by atoms with E-state index >= 15 is 0 Å². The molecule has 0 unspecified atom stereocenters. The lowest BCUT2D eigenvalue weighted by Gasteiger charge is -2.22. The first-order valence-corrected chi connectivity index (χ1v) is 7.81. The number of rotatable bonds is 6. The SMILES string of the molecule is ClCCCc1cccc(NCC2CCCCC2)c1.